The summed E-state index contributed by atoms with van der Waals surface area (Å²) in [6.07, 6.45) is 8.16. The summed E-state index contributed by atoms with van der Waals surface area (Å²) >= 11 is 0. The fraction of sp³-hybridized carbons (Fsp3) is 0.882. The average Bonchev–Trinajstić information content (AvgIpc) is 2.30. The molecule has 112 valence electrons. The molecule has 0 saturated heterocycles. The second-order valence-electron chi connectivity index (χ2n) is 6.92. The molecule has 0 N–H and O–H groups in total. The van der Waals surface area contributed by atoms with Crippen molar-refractivity contribution in [2.75, 3.05) is 0 Å². The van der Waals surface area contributed by atoms with Gasteiger partial charge in [-0.15, -0.1) is 0 Å². The summed E-state index contributed by atoms with van der Waals surface area (Å²) in [6, 6.07) is 0. The monoisotopic (exact) mass is 268 g/mol. The zero-order valence-electron chi connectivity index (χ0n) is 13.6. The highest BCUT2D eigenvalue weighted by Gasteiger charge is 2.19. The Bertz CT molecular complexity index is 271. The van der Waals surface area contributed by atoms with Crippen molar-refractivity contribution in [2.24, 2.45) is 11.3 Å². The van der Waals surface area contributed by atoms with Crippen LogP contribution in [0.15, 0.2) is 0 Å². The van der Waals surface area contributed by atoms with Crippen LogP contribution in [0.25, 0.3) is 0 Å². The summed E-state index contributed by atoms with van der Waals surface area (Å²) in [5, 5.41) is 0. The number of Topliss-reactive ketones (excluding diaryl/α,β-unsaturated/α-hetero) is 2. The Kier molecular flexibility index (Phi) is 8.95. The van der Waals surface area contributed by atoms with Crippen LogP contribution in [0, 0.1) is 11.3 Å². The lowest BCUT2D eigenvalue weighted by atomic mass is 9.88. The molecular formula is C17H32O2. The van der Waals surface area contributed by atoms with Gasteiger partial charge in [0.25, 0.3) is 0 Å². The van der Waals surface area contributed by atoms with Crippen molar-refractivity contribution in [3.63, 3.8) is 0 Å². The number of rotatable bonds is 10. The predicted molar refractivity (Wildman–Crippen MR) is 81.2 cm³/mol. The van der Waals surface area contributed by atoms with Crippen LogP contribution < -0.4 is 0 Å². The van der Waals surface area contributed by atoms with Crippen molar-refractivity contribution in [2.45, 2.75) is 86.0 Å². The maximum atomic E-state index is 11.7. The summed E-state index contributed by atoms with van der Waals surface area (Å²) in [5.41, 5.74) is -0.183. The summed E-state index contributed by atoms with van der Waals surface area (Å²) in [5.74, 6) is 0.939. The first-order valence-electron chi connectivity index (χ1n) is 7.81. The molecule has 0 aromatic carbocycles. The zero-order chi connectivity index (χ0) is 14.9. The quantitative estimate of drug-likeness (QED) is 0.525. The van der Waals surface area contributed by atoms with Crippen LogP contribution in [-0.2, 0) is 9.59 Å². The van der Waals surface area contributed by atoms with Crippen LogP contribution in [0.5, 0.6) is 0 Å². The third-order valence-corrected chi connectivity index (χ3v) is 3.56. The van der Waals surface area contributed by atoms with E-state index in [4.69, 9.17) is 0 Å². The summed E-state index contributed by atoms with van der Waals surface area (Å²) < 4.78 is 0. The Morgan fingerprint density at radius 2 is 1.21 bits per heavy atom. The maximum absolute atomic E-state index is 11.7. The molecule has 2 nitrogen and oxygen atoms in total. The van der Waals surface area contributed by atoms with E-state index in [2.05, 4.69) is 0 Å². The van der Waals surface area contributed by atoms with Crippen LogP contribution >= 0.6 is 0 Å². The van der Waals surface area contributed by atoms with E-state index in [-0.39, 0.29) is 11.3 Å². The largest absolute Gasteiger partial charge is 0.299 e. The predicted octanol–water partition coefficient (Wildman–Crippen LogP) is 4.95. The zero-order valence-corrected chi connectivity index (χ0v) is 13.6. The molecule has 0 aliphatic heterocycles. The van der Waals surface area contributed by atoms with Crippen LogP contribution in [0.2, 0.25) is 0 Å². The van der Waals surface area contributed by atoms with Gasteiger partial charge < -0.3 is 0 Å². The van der Waals surface area contributed by atoms with E-state index in [0.29, 0.717) is 11.6 Å². The first-order chi connectivity index (χ1) is 8.75. The van der Waals surface area contributed by atoms with Gasteiger partial charge in [-0.25, -0.2) is 0 Å². The van der Waals surface area contributed by atoms with Gasteiger partial charge in [0.2, 0.25) is 0 Å². The minimum Gasteiger partial charge on any atom is -0.299 e. The molecule has 0 saturated carbocycles. The molecule has 0 aromatic heterocycles. The van der Waals surface area contributed by atoms with Gasteiger partial charge in [0, 0.05) is 24.2 Å². The summed E-state index contributed by atoms with van der Waals surface area (Å²) in [6.45, 7) is 9.90. The number of ketones is 2. The number of unbranched alkanes of at least 4 members (excludes halogenated alkanes) is 5. The molecule has 2 heteroatoms. The smallest absolute Gasteiger partial charge is 0.138 e. The minimum atomic E-state index is -0.183. The van der Waals surface area contributed by atoms with Gasteiger partial charge in [-0.2, -0.15) is 0 Å². The molecule has 0 aliphatic carbocycles. The molecule has 0 radical (unpaired) electrons. The topological polar surface area (TPSA) is 34.1 Å². The Balaban J connectivity index is 3.38. The van der Waals surface area contributed by atoms with Crippen molar-refractivity contribution in [3.8, 4) is 0 Å². The highest BCUT2D eigenvalue weighted by atomic mass is 16.1. The number of carbonyl (C=O) groups excluding carboxylic acids is 2. The molecule has 0 rings (SSSR count). The van der Waals surface area contributed by atoms with Gasteiger partial charge in [-0.1, -0.05) is 60.3 Å². The fourth-order valence-electron chi connectivity index (χ4n) is 1.96. The van der Waals surface area contributed by atoms with Gasteiger partial charge in [0.05, 0.1) is 0 Å². The number of hydrogen-bond acceptors (Lipinski definition) is 2. The highest BCUT2D eigenvalue weighted by Crippen LogP contribution is 2.19. The average molecular weight is 268 g/mol. The minimum absolute atomic E-state index is 0.183. The number of hydrogen-bond donors (Lipinski definition) is 0. The van der Waals surface area contributed by atoms with E-state index in [0.717, 1.165) is 38.5 Å². The lowest BCUT2D eigenvalue weighted by molar-refractivity contribution is -0.126. The third-order valence-electron chi connectivity index (χ3n) is 3.56. The van der Waals surface area contributed by atoms with Gasteiger partial charge in [-0.05, 0) is 12.8 Å². The molecule has 0 heterocycles. The van der Waals surface area contributed by atoms with Gasteiger partial charge in [-0.3, -0.25) is 9.59 Å². The Labute approximate surface area is 119 Å². The van der Waals surface area contributed by atoms with E-state index in [9.17, 15) is 9.59 Å². The molecule has 19 heavy (non-hydrogen) atoms. The second kappa shape index (κ2) is 9.28. The van der Waals surface area contributed by atoms with Crippen molar-refractivity contribution < 1.29 is 9.59 Å². The highest BCUT2D eigenvalue weighted by molar-refractivity contribution is 5.83. The Morgan fingerprint density at radius 3 is 1.63 bits per heavy atom. The van der Waals surface area contributed by atoms with Crippen LogP contribution in [0.4, 0.5) is 0 Å². The van der Waals surface area contributed by atoms with E-state index in [1.807, 2.05) is 34.6 Å². The van der Waals surface area contributed by atoms with Crippen molar-refractivity contribution in [1.82, 2.24) is 0 Å². The third kappa shape index (κ3) is 9.86. The van der Waals surface area contributed by atoms with Crippen LogP contribution in [0.1, 0.15) is 86.0 Å². The molecule has 0 bridgehead atoms. The Hall–Kier alpha value is -0.660. The van der Waals surface area contributed by atoms with Gasteiger partial charge in [0.1, 0.15) is 11.6 Å². The lowest BCUT2D eigenvalue weighted by Gasteiger charge is -2.16. The fourth-order valence-corrected chi connectivity index (χ4v) is 1.96. The van der Waals surface area contributed by atoms with Crippen molar-refractivity contribution >= 4 is 11.6 Å². The SMILES string of the molecule is CC(C)C(=O)CCCCCCCCC(=O)C(C)(C)C. The molecular weight excluding hydrogens is 236 g/mol. The van der Waals surface area contributed by atoms with E-state index < -0.39 is 0 Å². The van der Waals surface area contributed by atoms with Crippen molar-refractivity contribution in [1.29, 1.82) is 0 Å². The lowest BCUT2D eigenvalue weighted by Crippen LogP contribution is -2.19. The number of carbonyl (C=O) groups is 2. The van der Waals surface area contributed by atoms with E-state index in [1.54, 1.807) is 0 Å². The first-order valence-corrected chi connectivity index (χ1v) is 7.81. The molecule has 0 atom stereocenters. The molecule has 0 amide bonds. The van der Waals surface area contributed by atoms with Crippen LogP contribution in [-0.4, -0.2) is 11.6 Å². The molecule has 0 fully saturated rings. The molecule has 0 spiro atoms. The maximum Gasteiger partial charge on any atom is 0.138 e. The molecule has 0 aromatic rings. The first kappa shape index (κ1) is 18.3. The normalized spacial score (nSPS) is 11.9. The standard InChI is InChI=1S/C17H32O2/c1-14(2)15(18)12-10-8-6-7-9-11-13-16(19)17(3,4)5/h14H,6-13H2,1-5H3. The molecule has 0 aliphatic rings. The van der Waals surface area contributed by atoms with Crippen molar-refractivity contribution in [3.05, 3.63) is 0 Å². The van der Waals surface area contributed by atoms with E-state index in [1.165, 1.54) is 12.8 Å². The summed E-state index contributed by atoms with van der Waals surface area (Å²) in [4.78, 5) is 23.1. The second-order valence-corrected chi connectivity index (χ2v) is 6.92. The van der Waals surface area contributed by atoms with Gasteiger partial charge in [0.15, 0.2) is 0 Å². The van der Waals surface area contributed by atoms with Crippen LogP contribution in [0.3, 0.4) is 0 Å². The Morgan fingerprint density at radius 1 is 0.789 bits per heavy atom. The van der Waals surface area contributed by atoms with Gasteiger partial charge >= 0.3 is 0 Å². The van der Waals surface area contributed by atoms with E-state index >= 15 is 0 Å². The summed E-state index contributed by atoms with van der Waals surface area (Å²) in [7, 11) is 0. The molecule has 0 unspecified atom stereocenters.